The van der Waals surface area contributed by atoms with E-state index in [0.717, 1.165) is 17.1 Å². The minimum atomic E-state index is 0.539. The molecule has 82 valence electrons. The average molecular weight is 271 g/mol. The molecule has 1 heterocycles. The Labute approximate surface area is 108 Å². The van der Waals surface area contributed by atoms with Gasteiger partial charge in [0.05, 0.1) is 10.7 Å². The molecule has 1 N–H and O–H groups in total. The summed E-state index contributed by atoms with van der Waals surface area (Å²) in [6.45, 7) is 1.85. The number of aromatic amines is 1. The molecule has 5 heteroatoms. The number of H-pyrrole nitrogens is 1. The van der Waals surface area contributed by atoms with Crippen LogP contribution < -0.4 is 0 Å². The van der Waals surface area contributed by atoms with Crippen LogP contribution in [0.5, 0.6) is 0 Å². The molecule has 2 rings (SSSR count). The zero-order chi connectivity index (χ0) is 11.7. The highest BCUT2D eigenvalue weighted by atomic mass is 35.5. The van der Waals surface area contributed by atoms with Gasteiger partial charge < -0.3 is 4.98 Å². The topological polar surface area (TPSA) is 28.7 Å². The number of benzene rings is 1. The lowest BCUT2D eigenvalue weighted by Gasteiger charge is -2.06. The number of hydrogen-bond donors (Lipinski definition) is 1. The standard InChI is InChI=1S/C11H8Cl2N2S/c1-6-14-10(5-11(16)15-6)8-3-2-7(12)4-9(8)13/h2-5H,1H3,(H,14,15,16). The summed E-state index contributed by atoms with van der Waals surface area (Å²) in [5.74, 6) is 0.758. The van der Waals surface area contributed by atoms with E-state index in [1.165, 1.54) is 0 Å². The largest absolute Gasteiger partial charge is 0.343 e. The second kappa shape index (κ2) is 4.53. The molecule has 0 amide bonds. The first-order valence-electron chi connectivity index (χ1n) is 4.59. The molecule has 0 spiro atoms. The van der Waals surface area contributed by atoms with Crippen LogP contribution in [0.4, 0.5) is 0 Å². The third kappa shape index (κ3) is 2.43. The summed E-state index contributed by atoms with van der Waals surface area (Å²) in [6.07, 6.45) is 0. The van der Waals surface area contributed by atoms with Crippen molar-refractivity contribution < 1.29 is 0 Å². The smallest absolute Gasteiger partial charge is 0.130 e. The van der Waals surface area contributed by atoms with E-state index in [-0.39, 0.29) is 0 Å². The Hall–Kier alpha value is -0.900. The van der Waals surface area contributed by atoms with Crippen LogP contribution in [0, 0.1) is 11.6 Å². The van der Waals surface area contributed by atoms with Gasteiger partial charge in [-0.3, -0.25) is 0 Å². The summed E-state index contributed by atoms with van der Waals surface area (Å²) >= 11 is 17.0. The van der Waals surface area contributed by atoms with Gasteiger partial charge in [-0.2, -0.15) is 0 Å². The van der Waals surface area contributed by atoms with Crippen LogP contribution in [0.1, 0.15) is 5.82 Å². The highest BCUT2D eigenvalue weighted by Gasteiger charge is 2.05. The Kier molecular flexibility index (Phi) is 3.28. The lowest BCUT2D eigenvalue weighted by molar-refractivity contribution is 1.05. The maximum atomic E-state index is 6.11. The number of hydrogen-bond acceptors (Lipinski definition) is 2. The molecule has 0 aliphatic carbocycles. The van der Waals surface area contributed by atoms with E-state index in [4.69, 9.17) is 35.4 Å². The number of nitrogens with one attached hydrogen (secondary N) is 1. The van der Waals surface area contributed by atoms with Crippen LogP contribution in [-0.4, -0.2) is 9.97 Å². The lowest BCUT2D eigenvalue weighted by Crippen LogP contribution is -1.91. The Morgan fingerprint density at radius 2 is 2.00 bits per heavy atom. The van der Waals surface area contributed by atoms with Crippen LogP contribution in [0.15, 0.2) is 24.3 Å². The fourth-order valence-electron chi connectivity index (χ4n) is 1.43. The number of rotatable bonds is 1. The summed E-state index contributed by atoms with van der Waals surface area (Å²) < 4.78 is 0.539. The fourth-order valence-corrected chi connectivity index (χ4v) is 2.20. The van der Waals surface area contributed by atoms with E-state index in [2.05, 4.69) is 9.97 Å². The normalized spacial score (nSPS) is 10.4. The molecule has 0 saturated carbocycles. The van der Waals surface area contributed by atoms with Crippen molar-refractivity contribution in [3.05, 3.63) is 44.8 Å². The fraction of sp³-hybridized carbons (Fsp3) is 0.0909. The summed E-state index contributed by atoms with van der Waals surface area (Å²) in [5.41, 5.74) is 1.71. The molecule has 0 saturated heterocycles. The minimum Gasteiger partial charge on any atom is -0.343 e. The highest BCUT2D eigenvalue weighted by molar-refractivity contribution is 7.71. The van der Waals surface area contributed by atoms with Crippen LogP contribution in [-0.2, 0) is 0 Å². The molecule has 0 atom stereocenters. The van der Waals surface area contributed by atoms with Crippen molar-refractivity contribution in [2.45, 2.75) is 6.92 Å². The molecule has 0 radical (unpaired) electrons. The molecule has 1 aromatic carbocycles. The SMILES string of the molecule is Cc1nc(=S)cc(-c2ccc(Cl)cc2Cl)[nH]1. The van der Waals surface area contributed by atoms with E-state index in [1.54, 1.807) is 18.2 Å². The molecule has 0 unspecified atom stereocenters. The number of nitrogens with zero attached hydrogens (tertiary/aromatic N) is 1. The Morgan fingerprint density at radius 1 is 1.25 bits per heavy atom. The van der Waals surface area contributed by atoms with Crippen molar-refractivity contribution in [1.82, 2.24) is 9.97 Å². The van der Waals surface area contributed by atoms with Gasteiger partial charge in [0.25, 0.3) is 0 Å². The molecular weight excluding hydrogens is 263 g/mol. The summed E-state index contributed by atoms with van der Waals surface area (Å²) in [4.78, 5) is 7.22. The van der Waals surface area contributed by atoms with Gasteiger partial charge in [-0.25, -0.2) is 4.98 Å². The second-order valence-corrected chi connectivity index (χ2v) is 4.60. The lowest BCUT2D eigenvalue weighted by atomic mass is 10.1. The Morgan fingerprint density at radius 3 is 2.62 bits per heavy atom. The van der Waals surface area contributed by atoms with Crippen molar-refractivity contribution in [3.8, 4) is 11.3 Å². The quantitative estimate of drug-likeness (QED) is 0.778. The number of halogens is 2. The van der Waals surface area contributed by atoms with Crippen molar-refractivity contribution in [3.63, 3.8) is 0 Å². The van der Waals surface area contributed by atoms with Gasteiger partial charge in [-0.05, 0) is 31.2 Å². The van der Waals surface area contributed by atoms with Gasteiger partial charge in [0.15, 0.2) is 0 Å². The maximum absolute atomic E-state index is 6.11. The van der Waals surface area contributed by atoms with E-state index >= 15 is 0 Å². The van der Waals surface area contributed by atoms with E-state index in [1.807, 2.05) is 13.0 Å². The predicted molar refractivity (Wildman–Crippen MR) is 69.6 cm³/mol. The van der Waals surface area contributed by atoms with Crippen LogP contribution in [0.3, 0.4) is 0 Å². The van der Waals surface area contributed by atoms with Gasteiger partial charge in [0.2, 0.25) is 0 Å². The number of aromatic nitrogens is 2. The van der Waals surface area contributed by atoms with Gasteiger partial charge >= 0.3 is 0 Å². The van der Waals surface area contributed by atoms with Gasteiger partial charge in [-0.15, -0.1) is 0 Å². The Balaban J connectivity index is 2.63. The van der Waals surface area contributed by atoms with Crippen LogP contribution in [0.25, 0.3) is 11.3 Å². The van der Waals surface area contributed by atoms with E-state index < -0.39 is 0 Å². The van der Waals surface area contributed by atoms with Crippen LogP contribution >= 0.6 is 35.4 Å². The second-order valence-electron chi connectivity index (χ2n) is 3.34. The minimum absolute atomic E-state index is 0.539. The van der Waals surface area contributed by atoms with E-state index in [9.17, 15) is 0 Å². The van der Waals surface area contributed by atoms with E-state index in [0.29, 0.717) is 14.7 Å². The van der Waals surface area contributed by atoms with Crippen molar-refractivity contribution >= 4 is 35.4 Å². The monoisotopic (exact) mass is 270 g/mol. The molecule has 0 aliphatic rings. The molecular formula is C11H8Cl2N2S. The number of aryl methyl sites for hydroxylation is 1. The molecule has 2 nitrogen and oxygen atoms in total. The molecule has 2 aromatic rings. The summed E-state index contributed by atoms with van der Waals surface area (Å²) in [7, 11) is 0. The first kappa shape index (κ1) is 11.6. The van der Waals surface area contributed by atoms with Crippen molar-refractivity contribution in [2.75, 3.05) is 0 Å². The van der Waals surface area contributed by atoms with Gasteiger partial charge in [0.1, 0.15) is 10.5 Å². The van der Waals surface area contributed by atoms with Gasteiger partial charge in [-0.1, -0.05) is 35.4 Å². The Bertz CT molecular complexity index is 593. The van der Waals surface area contributed by atoms with Gasteiger partial charge in [0, 0.05) is 10.6 Å². The molecule has 16 heavy (non-hydrogen) atoms. The molecule has 0 fully saturated rings. The average Bonchev–Trinajstić information content (AvgIpc) is 2.15. The van der Waals surface area contributed by atoms with Crippen molar-refractivity contribution in [1.29, 1.82) is 0 Å². The van der Waals surface area contributed by atoms with Crippen molar-refractivity contribution in [2.24, 2.45) is 0 Å². The highest BCUT2D eigenvalue weighted by Crippen LogP contribution is 2.28. The molecule has 0 bridgehead atoms. The summed E-state index contributed by atoms with van der Waals surface area (Å²) in [5, 5.41) is 1.20. The zero-order valence-corrected chi connectivity index (χ0v) is 10.7. The molecule has 1 aromatic heterocycles. The predicted octanol–water partition coefficient (Wildman–Crippen LogP) is 4.42. The third-order valence-electron chi connectivity index (χ3n) is 2.08. The first-order valence-corrected chi connectivity index (χ1v) is 5.76. The molecule has 0 aliphatic heterocycles. The summed E-state index contributed by atoms with van der Waals surface area (Å²) in [6, 6.07) is 7.11. The third-order valence-corrected chi connectivity index (χ3v) is 2.84. The maximum Gasteiger partial charge on any atom is 0.130 e. The zero-order valence-electron chi connectivity index (χ0n) is 8.42. The van der Waals surface area contributed by atoms with Crippen LogP contribution in [0.2, 0.25) is 10.0 Å². The first-order chi connectivity index (χ1) is 7.56.